The van der Waals surface area contributed by atoms with Crippen LogP contribution in [0.3, 0.4) is 0 Å². The zero-order valence-electron chi connectivity index (χ0n) is 26.1. The van der Waals surface area contributed by atoms with Crippen LogP contribution in [0.5, 0.6) is 11.5 Å². The molecule has 0 spiro atoms. The molecule has 1 aromatic heterocycles. The van der Waals surface area contributed by atoms with Crippen LogP contribution in [0, 0.1) is 5.41 Å². The second-order valence-corrected chi connectivity index (χ2v) is 12.9. The Bertz CT molecular complexity index is 1360. The average Bonchev–Trinajstić information content (AvgIpc) is 3.23. The van der Waals surface area contributed by atoms with Gasteiger partial charge in [-0.25, -0.2) is 9.59 Å². The van der Waals surface area contributed by atoms with Gasteiger partial charge in [0, 0.05) is 36.3 Å². The SMILES string of the molecule is CCOC(=O)c1cn2c(cc1=O)-c1cc(OC)c(OCCCCCCNC(=O)OC(C)(C)C)cc1[C@H]1CCC(C)(C)[C@H]12. The highest BCUT2D eigenvalue weighted by Crippen LogP contribution is 2.59. The van der Waals surface area contributed by atoms with Crippen LogP contribution in [0.2, 0.25) is 0 Å². The molecule has 0 unspecified atom stereocenters. The van der Waals surface area contributed by atoms with Gasteiger partial charge in [-0.1, -0.05) is 26.7 Å². The van der Waals surface area contributed by atoms with Crippen LogP contribution in [0.4, 0.5) is 4.79 Å². The maximum atomic E-state index is 13.1. The molecule has 1 fully saturated rings. The molecule has 1 aromatic carbocycles. The van der Waals surface area contributed by atoms with E-state index in [1.807, 2.05) is 26.8 Å². The molecule has 1 N–H and O–H groups in total. The molecule has 1 aliphatic heterocycles. The van der Waals surface area contributed by atoms with E-state index in [0.717, 1.165) is 55.3 Å². The minimum absolute atomic E-state index is 0.0304. The van der Waals surface area contributed by atoms with Gasteiger partial charge in [-0.2, -0.15) is 0 Å². The van der Waals surface area contributed by atoms with Crippen molar-refractivity contribution in [1.29, 1.82) is 0 Å². The van der Waals surface area contributed by atoms with Gasteiger partial charge in [0.2, 0.25) is 0 Å². The molecule has 4 rings (SSSR count). The lowest BCUT2D eigenvalue weighted by molar-refractivity contribution is 0.0514. The number of hydrogen-bond acceptors (Lipinski definition) is 7. The Morgan fingerprint density at radius 3 is 2.50 bits per heavy atom. The largest absolute Gasteiger partial charge is 0.493 e. The molecule has 2 heterocycles. The molecule has 1 aliphatic carbocycles. The number of hydrogen-bond donors (Lipinski definition) is 1. The van der Waals surface area contributed by atoms with E-state index < -0.39 is 11.6 Å². The molecule has 1 amide bonds. The van der Waals surface area contributed by atoms with Gasteiger partial charge < -0.3 is 28.8 Å². The lowest BCUT2D eigenvalue weighted by Gasteiger charge is -2.40. The number of ether oxygens (including phenoxy) is 4. The molecule has 9 nitrogen and oxygen atoms in total. The summed E-state index contributed by atoms with van der Waals surface area (Å²) in [4.78, 5) is 37.4. The molecule has 0 radical (unpaired) electrons. The summed E-state index contributed by atoms with van der Waals surface area (Å²) in [6.45, 7) is 13.1. The van der Waals surface area contributed by atoms with E-state index >= 15 is 0 Å². The van der Waals surface area contributed by atoms with Gasteiger partial charge in [0.05, 0.1) is 26.0 Å². The average molecular weight is 583 g/mol. The first-order chi connectivity index (χ1) is 19.9. The number of benzene rings is 1. The summed E-state index contributed by atoms with van der Waals surface area (Å²) in [5, 5.41) is 2.80. The number of carbonyl (C=O) groups excluding carboxylic acids is 2. The van der Waals surface area contributed by atoms with Crippen LogP contribution in [0.25, 0.3) is 11.3 Å². The van der Waals surface area contributed by atoms with E-state index in [1.54, 1.807) is 26.3 Å². The number of rotatable bonds is 11. The fourth-order valence-electron chi connectivity index (χ4n) is 6.28. The van der Waals surface area contributed by atoms with Crippen LogP contribution >= 0.6 is 0 Å². The van der Waals surface area contributed by atoms with Crippen molar-refractivity contribution >= 4 is 12.1 Å². The van der Waals surface area contributed by atoms with Crippen molar-refractivity contribution in [1.82, 2.24) is 9.88 Å². The van der Waals surface area contributed by atoms with Crippen molar-refractivity contribution in [3.8, 4) is 22.8 Å². The number of carbonyl (C=O) groups is 2. The predicted octanol–water partition coefficient (Wildman–Crippen LogP) is 6.62. The quantitative estimate of drug-likeness (QED) is 0.234. The third-order valence-electron chi connectivity index (χ3n) is 8.16. The minimum Gasteiger partial charge on any atom is -0.493 e. The van der Waals surface area contributed by atoms with E-state index in [1.165, 1.54) is 0 Å². The van der Waals surface area contributed by atoms with E-state index in [-0.39, 0.29) is 41.1 Å². The second kappa shape index (κ2) is 12.8. The van der Waals surface area contributed by atoms with Crippen molar-refractivity contribution in [2.24, 2.45) is 5.41 Å². The van der Waals surface area contributed by atoms with Gasteiger partial charge in [0.1, 0.15) is 11.2 Å². The maximum absolute atomic E-state index is 13.1. The lowest BCUT2D eigenvalue weighted by atomic mass is 9.77. The van der Waals surface area contributed by atoms with Crippen molar-refractivity contribution in [3.05, 3.63) is 45.7 Å². The number of esters is 1. The van der Waals surface area contributed by atoms with Crippen molar-refractivity contribution < 1.29 is 28.5 Å². The molecule has 1 saturated carbocycles. The molecule has 42 heavy (non-hydrogen) atoms. The van der Waals surface area contributed by atoms with Gasteiger partial charge in [0.15, 0.2) is 16.9 Å². The first-order valence-electron chi connectivity index (χ1n) is 15.1. The predicted molar refractivity (Wildman–Crippen MR) is 162 cm³/mol. The van der Waals surface area contributed by atoms with E-state index in [9.17, 15) is 14.4 Å². The Kier molecular flexibility index (Phi) is 9.58. The molecule has 2 aliphatic rings. The van der Waals surface area contributed by atoms with E-state index in [0.29, 0.717) is 24.7 Å². The molecule has 2 atom stereocenters. The number of fused-ring (bicyclic) bond motifs is 6. The molecule has 0 bridgehead atoms. The standard InChI is InChI=1S/C33H46N2O7/c1-8-40-30(37)24-20-35-25(19-26(24)36)23-18-27(39-7)28(17-22(23)21-13-14-33(5,6)29(21)35)41-16-12-10-9-11-15-34-31(38)42-32(2,3)4/h17-21,29H,8-16H2,1-7H3,(H,34,38)/t21-,29+/m1/s1. The lowest BCUT2D eigenvalue weighted by Crippen LogP contribution is -2.32. The second-order valence-electron chi connectivity index (χ2n) is 12.9. The number of unbranched alkanes of at least 4 members (excludes halogenated alkanes) is 3. The summed E-state index contributed by atoms with van der Waals surface area (Å²) in [5.41, 5.74) is 2.06. The molecule has 230 valence electrons. The van der Waals surface area contributed by atoms with Gasteiger partial charge in [-0.15, -0.1) is 0 Å². The molecular formula is C33H46N2O7. The molecule has 2 aromatic rings. The summed E-state index contributed by atoms with van der Waals surface area (Å²) >= 11 is 0. The summed E-state index contributed by atoms with van der Waals surface area (Å²) in [6.07, 6.45) is 7.02. The van der Waals surface area contributed by atoms with Crippen LogP contribution in [0.15, 0.2) is 29.2 Å². The number of amides is 1. The third kappa shape index (κ3) is 6.93. The van der Waals surface area contributed by atoms with Crippen molar-refractivity contribution in [2.75, 3.05) is 26.9 Å². The molecule has 9 heteroatoms. The van der Waals surface area contributed by atoms with Crippen molar-refractivity contribution in [3.63, 3.8) is 0 Å². The summed E-state index contributed by atoms with van der Waals surface area (Å²) < 4.78 is 24.5. The number of pyridine rings is 1. The number of nitrogens with one attached hydrogen (secondary N) is 1. The van der Waals surface area contributed by atoms with Crippen LogP contribution in [-0.4, -0.2) is 49.1 Å². The Morgan fingerprint density at radius 2 is 1.81 bits per heavy atom. The Balaban J connectivity index is 1.47. The monoisotopic (exact) mass is 582 g/mol. The third-order valence-corrected chi connectivity index (χ3v) is 8.16. The van der Waals surface area contributed by atoms with Crippen LogP contribution in [0.1, 0.15) is 108 Å². The minimum atomic E-state index is -0.586. The van der Waals surface area contributed by atoms with Crippen LogP contribution < -0.4 is 20.2 Å². The van der Waals surface area contributed by atoms with Crippen LogP contribution in [-0.2, 0) is 9.47 Å². The van der Waals surface area contributed by atoms with E-state index in [2.05, 4.69) is 29.8 Å². The first-order valence-corrected chi connectivity index (χ1v) is 15.1. The number of aromatic nitrogens is 1. The fourth-order valence-corrected chi connectivity index (χ4v) is 6.28. The number of alkyl carbamates (subject to hydrolysis) is 1. The topological polar surface area (TPSA) is 105 Å². The van der Waals surface area contributed by atoms with Crippen molar-refractivity contribution in [2.45, 2.75) is 97.6 Å². The van der Waals surface area contributed by atoms with Gasteiger partial charge in [0.25, 0.3) is 0 Å². The number of nitrogens with zero attached hydrogens (tertiary/aromatic N) is 1. The summed E-state index contributed by atoms with van der Waals surface area (Å²) in [6, 6.07) is 5.70. The smallest absolute Gasteiger partial charge is 0.407 e. The Morgan fingerprint density at radius 1 is 1.07 bits per heavy atom. The number of methoxy groups -OCH3 is 1. The summed E-state index contributed by atoms with van der Waals surface area (Å²) in [5.74, 6) is 0.937. The van der Waals surface area contributed by atoms with Gasteiger partial charge >= 0.3 is 12.1 Å². The Labute approximate surface area is 248 Å². The first kappa shape index (κ1) is 31.4. The summed E-state index contributed by atoms with van der Waals surface area (Å²) in [7, 11) is 1.62. The highest BCUT2D eigenvalue weighted by Gasteiger charge is 2.48. The highest BCUT2D eigenvalue weighted by molar-refractivity contribution is 5.89. The maximum Gasteiger partial charge on any atom is 0.407 e. The normalized spacial score (nSPS) is 18.4. The molecule has 0 saturated heterocycles. The Hall–Kier alpha value is -3.49. The van der Waals surface area contributed by atoms with Gasteiger partial charge in [-0.05, 0) is 76.5 Å². The fraction of sp³-hybridized carbons (Fsp3) is 0.606. The highest BCUT2D eigenvalue weighted by atomic mass is 16.6. The van der Waals surface area contributed by atoms with E-state index in [4.69, 9.17) is 18.9 Å². The zero-order valence-corrected chi connectivity index (χ0v) is 26.1. The van der Waals surface area contributed by atoms with Gasteiger partial charge in [-0.3, -0.25) is 4.79 Å². The molecular weight excluding hydrogens is 536 g/mol. The zero-order chi connectivity index (χ0) is 30.7.